The molecule has 0 aliphatic carbocycles. The van der Waals surface area contributed by atoms with Crippen LogP contribution in [0.5, 0.6) is 0 Å². The molecule has 5 nitrogen and oxygen atoms in total. The molecule has 1 aromatic rings. The standard InChI is InChI=1S/C12H9Cl2N5/c13-8-3-1-7(2-4-8)5-15-10-9-11(17-6-16-10)19-12(14)18-9/h1-4,6,9H,5H2,(H,15,16,17,18,19). The number of hydrogen-bond donors (Lipinski definition) is 1. The maximum Gasteiger partial charge on any atom is 0.197 e. The van der Waals surface area contributed by atoms with Crippen LogP contribution in [0.15, 0.2) is 44.2 Å². The molecule has 1 atom stereocenters. The van der Waals surface area contributed by atoms with Crippen molar-refractivity contribution in [1.29, 1.82) is 0 Å². The highest BCUT2D eigenvalue weighted by Crippen LogP contribution is 2.13. The molecule has 0 fully saturated rings. The summed E-state index contributed by atoms with van der Waals surface area (Å²) in [5, 5.41) is 3.89. The van der Waals surface area contributed by atoms with Crippen molar-refractivity contribution >= 4 is 46.5 Å². The zero-order valence-corrected chi connectivity index (χ0v) is 11.2. The van der Waals surface area contributed by atoms with Gasteiger partial charge in [-0.3, -0.25) is 4.99 Å². The van der Waals surface area contributed by atoms with Crippen LogP contribution in [0.3, 0.4) is 0 Å². The van der Waals surface area contributed by atoms with E-state index in [0.717, 1.165) is 5.56 Å². The van der Waals surface area contributed by atoms with Crippen LogP contribution in [0, 0.1) is 0 Å². The van der Waals surface area contributed by atoms with Crippen molar-refractivity contribution in [3.8, 4) is 0 Å². The van der Waals surface area contributed by atoms with Gasteiger partial charge in [0.1, 0.15) is 12.2 Å². The second kappa shape index (κ2) is 5.11. The van der Waals surface area contributed by atoms with E-state index in [1.165, 1.54) is 6.34 Å². The molecule has 0 radical (unpaired) electrons. The maximum absolute atomic E-state index is 5.83. The normalized spacial score (nSPS) is 22.8. The van der Waals surface area contributed by atoms with Crippen LogP contribution in [-0.2, 0) is 6.54 Å². The summed E-state index contributed by atoms with van der Waals surface area (Å²) in [7, 11) is 0. The average molecular weight is 294 g/mol. The Morgan fingerprint density at radius 3 is 2.79 bits per heavy atom. The first-order valence-electron chi connectivity index (χ1n) is 5.62. The third-order valence-corrected chi connectivity index (χ3v) is 3.15. The lowest BCUT2D eigenvalue weighted by molar-refractivity contribution is 1.01. The van der Waals surface area contributed by atoms with Crippen molar-refractivity contribution in [3.63, 3.8) is 0 Å². The minimum atomic E-state index is -0.315. The van der Waals surface area contributed by atoms with Gasteiger partial charge in [0.2, 0.25) is 0 Å². The van der Waals surface area contributed by atoms with E-state index in [0.29, 0.717) is 28.5 Å². The molecular weight excluding hydrogens is 285 g/mol. The highest BCUT2D eigenvalue weighted by atomic mass is 35.5. The van der Waals surface area contributed by atoms with Gasteiger partial charge in [0, 0.05) is 5.02 Å². The Balaban J connectivity index is 1.79. The van der Waals surface area contributed by atoms with Crippen LogP contribution >= 0.6 is 23.2 Å². The third kappa shape index (κ3) is 2.67. The second-order valence-corrected chi connectivity index (χ2v) is 4.80. The topological polar surface area (TPSA) is 61.5 Å². The van der Waals surface area contributed by atoms with Gasteiger partial charge >= 0.3 is 0 Å². The Morgan fingerprint density at radius 2 is 2.00 bits per heavy atom. The average Bonchev–Trinajstić information content (AvgIpc) is 2.79. The Bertz CT molecular complexity index is 616. The molecular formula is C12H9Cl2N5. The van der Waals surface area contributed by atoms with Gasteiger partial charge < -0.3 is 5.32 Å². The number of nitrogens with zero attached hydrogens (tertiary/aromatic N) is 4. The Kier molecular flexibility index (Phi) is 3.31. The third-order valence-electron chi connectivity index (χ3n) is 2.70. The minimum Gasteiger partial charge on any atom is -0.317 e. The summed E-state index contributed by atoms with van der Waals surface area (Å²) >= 11 is 11.7. The molecule has 2 aliphatic heterocycles. The molecule has 96 valence electrons. The van der Waals surface area contributed by atoms with Gasteiger partial charge in [-0.05, 0) is 29.3 Å². The van der Waals surface area contributed by atoms with Gasteiger partial charge in [-0.15, -0.1) is 0 Å². The van der Waals surface area contributed by atoms with E-state index in [-0.39, 0.29) is 6.04 Å². The summed E-state index contributed by atoms with van der Waals surface area (Å²) in [6.45, 7) is 0.515. The fourth-order valence-electron chi connectivity index (χ4n) is 1.77. The van der Waals surface area contributed by atoms with Crippen LogP contribution in [0.2, 0.25) is 5.02 Å². The van der Waals surface area contributed by atoms with Gasteiger partial charge in [-0.25, -0.2) is 15.0 Å². The lowest BCUT2D eigenvalue weighted by atomic mass is 10.2. The maximum atomic E-state index is 5.83. The largest absolute Gasteiger partial charge is 0.317 e. The van der Waals surface area contributed by atoms with Crippen molar-refractivity contribution in [1.82, 2.24) is 5.32 Å². The molecule has 1 N–H and O–H groups in total. The Hall–Kier alpha value is -1.72. The zero-order chi connectivity index (χ0) is 13.2. The molecule has 0 spiro atoms. The zero-order valence-electron chi connectivity index (χ0n) is 9.72. The van der Waals surface area contributed by atoms with E-state index in [2.05, 4.69) is 25.3 Å². The molecule has 19 heavy (non-hydrogen) atoms. The van der Waals surface area contributed by atoms with Crippen molar-refractivity contribution in [2.24, 2.45) is 20.0 Å². The number of hydrogen-bond acceptors (Lipinski definition) is 4. The number of fused-ring (bicyclic) bond motifs is 1. The van der Waals surface area contributed by atoms with E-state index in [1.54, 1.807) is 0 Å². The first-order chi connectivity index (χ1) is 9.22. The van der Waals surface area contributed by atoms with Crippen LogP contribution in [-0.4, -0.2) is 29.3 Å². The molecule has 0 saturated carbocycles. The van der Waals surface area contributed by atoms with Crippen molar-refractivity contribution in [2.75, 3.05) is 0 Å². The van der Waals surface area contributed by atoms with Crippen LogP contribution in [0.4, 0.5) is 0 Å². The van der Waals surface area contributed by atoms with E-state index < -0.39 is 0 Å². The molecule has 0 aromatic heterocycles. The fourth-order valence-corrected chi connectivity index (χ4v) is 2.09. The van der Waals surface area contributed by atoms with Crippen molar-refractivity contribution < 1.29 is 0 Å². The summed E-state index contributed by atoms with van der Waals surface area (Å²) in [4.78, 5) is 16.9. The van der Waals surface area contributed by atoms with Crippen molar-refractivity contribution in [2.45, 2.75) is 12.6 Å². The van der Waals surface area contributed by atoms with Crippen LogP contribution < -0.4 is 5.32 Å². The highest BCUT2D eigenvalue weighted by Gasteiger charge is 2.29. The first kappa shape index (κ1) is 12.3. The molecule has 0 saturated heterocycles. The van der Waals surface area contributed by atoms with E-state index in [4.69, 9.17) is 23.2 Å². The minimum absolute atomic E-state index is 0.313. The van der Waals surface area contributed by atoms with Gasteiger partial charge in [-0.2, -0.15) is 0 Å². The fraction of sp³-hybridized carbons (Fsp3) is 0.167. The van der Waals surface area contributed by atoms with E-state index >= 15 is 0 Å². The molecule has 2 heterocycles. The number of benzene rings is 1. The van der Waals surface area contributed by atoms with E-state index in [9.17, 15) is 0 Å². The lowest BCUT2D eigenvalue weighted by Gasteiger charge is -2.11. The lowest BCUT2D eigenvalue weighted by Crippen LogP contribution is -2.34. The quantitative estimate of drug-likeness (QED) is 0.835. The molecule has 0 amide bonds. The van der Waals surface area contributed by atoms with Gasteiger partial charge in [0.25, 0.3) is 0 Å². The molecule has 2 aliphatic rings. The predicted molar refractivity (Wildman–Crippen MR) is 78.7 cm³/mol. The number of nitrogens with one attached hydrogen (secondary N) is 1. The van der Waals surface area contributed by atoms with E-state index in [1.807, 2.05) is 24.3 Å². The molecule has 3 rings (SSSR count). The highest BCUT2D eigenvalue weighted by molar-refractivity contribution is 6.67. The number of amidine groups is 3. The molecule has 7 heteroatoms. The number of halogens is 2. The summed E-state index contributed by atoms with van der Waals surface area (Å²) < 4.78 is 0. The van der Waals surface area contributed by atoms with Gasteiger partial charge in [0.15, 0.2) is 17.2 Å². The number of rotatable bonds is 2. The van der Waals surface area contributed by atoms with Gasteiger partial charge in [0.05, 0.1) is 6.54 Å². The van der Waals surface area contributed by atoms with Crippen molar-refractivity contribution in [3.05, 3.63) is 34.9 Å². The molecule has 1 unspecified atom stereocenters. The smallest absolute Gasteiger partial charge is 0.197 e. The van der Waals surface area contributed by atoms with Crippen LogP contribution in [0.25, 0.3) is 0 Å². The molecule has 0 bridgehead atoms. The van der Waals surface area contributed by atoms with Crippen LogP contribution in [0.1, 0.15) is 5.56 Å². The summed E-state index contributed by atoms with van der Waals surface area (Å²) in [6, 6.07) is 7.21. The Morgan fingerprint density at radius 1 is 1.21 bits per heavy atom. The second-order valence-electron chi connectivity index (χ2n) is 4.01. The SMILES string of the molecule is ClC1=NC2C(=NCc3ccc(Cl)cc3)N=CN=C2N1. The number of aliphatic imine (C=N–C) groups is 4. The summed E-state index contributed by atoms with van der Waals surface area (Å²) in [5.41, 5.74) is 1.05. The summed E-state index contributed by atoms with van der Waals surface area (Å²) in [6.07, 6.45) is 1.45. The monoisotopic (exact) mass is 293 g/mol. The summed E-state index contributed by atoms with van der Waals surface area (Å²) in [5.74, 6) is 1.26. The Labute approximate surface area is 119 Å². The predicted octanol–water partition coefficient (Wildman–Crippen LogP) is 2.25. The first-order valence-corrected chi connectivity index (χ1v) is 6.37. The molecule has 1 aromatic carbocycles. The van der Waals surface area contributed by atoms with Gasteiger partial charge in [-0.1, -0.05) is 23.7 Å².